The molecule has 4 atom stereocenters. The molecular formula is C14H30N2O. The average Bonchev–Trinajstić information content (AvgIpc) is 2.30. The molecular weight excluding hydrogens is 212 g/mol. The summed E-state index contributed by atoms with van der Waals surface area (Å²) in [5, 5.41) is 9.57. The minimum atomic E-state index is 0.104. The van der Waals surface area contributed by atoms with Gasteiger partial charge in [-0.2, -0.15) is 0 Å². The second-order valence-corrected chi connectivity index (χ2v) is 5.79. The van der Waals surface area contributed by atoms with E-state index in [9.17, 15) is 5.11 Å². The zero-order valence-corrected chi connectivity index (χ0v) is 11.7. The Morgan fingerprint density at radius 3 is 2.65 bits per heavy atom. The van der Waals surface area contributed by atoms with Gasteiger partial charge in [0, 0.05) is 18.1 Å². The van der Waals surface area contributed by atoms with Gasteiger partial charge in [0.15, 0.2) is 0 Å². The molecule has 3 heteroatoms. The normalized spacial score (nSPS) is 29.3. The Kier molecular flexibility index (Phi) is 6.45. The van der Waals surface area contributed by atoms with Crippen LogP contribution in [0, 0.1) is 5.92 Å². The molecule has 102 valence electrons. The minimum Gasteiger partial charge on any atom is -0.395 e. The van der Waals surface area contributed by atoms with E-state index in [0.717, 1.165) is 18.8 Å². The molecule has 0 spiro atoms. The highest BCUT2D eigenvalue weighted by molar-refractivity contribution is 4.86. The van der Waals surface area contributed by atoms with E-state index in [1.807, 2.05) is 0 Å². The van der Waals surface area contributed by atoms with Crippen LogP contribution >= 0.6 is 0 Å². The van der Waals surface area contributed by atoms with E-state index in [1.165, 1.54) is 25.7 Å². The van der Waals surface area contributed by atoms with Gasteiger partial charge in [-0.3, -0.25) is 4.90 Å². The maximum absolute atomic E-state index is 9.57. The number of rotatable bonds is 6. The third kappa shape index (κ3) is 4.23. The summed E-state index contributed by atoms with van der Waals surface area (Å²) in [4.78, 5) is 2.34. The zero-order valence-electron chi connectivity index (χ0n) is 11.7. The minimum absolute atomic E-state index is 0.104. The van der Waals surface area contributed by atoms with E-state index in [1.54, 1.807) is 0 Å². The number of nitrogens with zero attached hydrogens (tertiary/aromatic N) is 1. The Morgan fingerprint density at radius 1 is 1.41 bits per heavy atom. The largest absolute Gasteiger partial charge is 0.395 e. The summed E-state index contributed by atoms with van der Waals surface area (Å²) < 4.78 is 0. The summed E-state index contributed by atoms with van der Waals surface area (Å²) in [6.07, 6.45) is 7.28. The Hall–Kier alpha value is -0.120. The predicted molar refractivity (Wildman–Crippen MR) is 72.9 cm³/mol. The zero-order chi connectivity index (χ0) is 12.8. The lowest BCUT2D eigenvalue weighted by Crippen LogP contribution is -2.53. The fraction of sp³-hybridized carbons (Fsp3) is 1.00. The van der Waals surface area contributed by atoms with Gasteiger partial charge in [-0.15, -0.1) is 0 Å². The molecule has 1 fully saturated rings. The Balaban J connectivity index is 2.54. The SMILES string of the molecule is CCCC(N)C(CO)N(C)C1CCCC(C)C1. The van der Waals surface area contributed by atoms with E-state index < -0.39 is 0 Å². The monoisotopic (exact) mass is 242 g/mol. The van der Waals surface area contributed by atoms with E-state index in [-0.39, 0.29) is 18.7 Å². The number of hydrogen-bond donors (Lipinski definition) is 2. The lowest BCUT2D eigenvalue weighted by atomic mass is 9.85. The van der Waals surface area contributed by atoms with Crippen molar-refractivity contribution >= 4 is 0 Å². The molecule has 3 N–H and O–H groups in total. The highest BCUT2D eigenvalue weighted by atomic mass is 16.3. The van der Waals surface area contributed by atoms with Gasteiger partial charge in [0.1, 0.15) is 0 Å². The predicted octanol–water partition coefficient (Wildman–Crippen LogP) is 1.99. The molecule has 0 aromatic heterocycles. The molecule has 0 amide bonds. The van der Waals surface area contributed by atoms with Crippen molar-refractivity contribution in [2.24, 2.45) is 11.7 Å². The Morgan fingerprint density at radius 2 is 2.12 bits per heavy atom. The molecule has 4 unspecified atom stereocenters. The third-order valence-corrected chi connectivity index (χ3v) is 4.31. The van der Waals surface area contributed by atoms with Crippen molar-refractivity contribution in [3.8, 4) is 0 Å². The summed E-state index contributed by atoms with van der Waals surface area (Å²) in [5.41, 5.74) is 6.18. The lowest BCUT2D eigenvalue weighted by molar-refractivity contribution is 0.0626. The quantitative estimate of drug-likeness (QED) is 0.749. The lowest BCUT2D eigenvalue weighted by Gasteiger charge is -2.40. The fourth-order valence-electron chi connectivity index (χ4n) is 3.13. The summed E-state index contributed by atoms with van der Waals surface area (Å²) in [6.45, 7) is 4.67. The molecule has 0 aromatic carbocycles. The van der Waals surface area contributed by atoms with Crippen molar-refractivity contribution in [1.29, 1.82) is 0 Å². The number of hydrogen-bond acceptors (Lipinski definition) is 3. The summed E-state index contributed by atoms with van der Waals surface area (Å²) >= 11 is 0. The van der Waals surface area contributed by atoms with Crippen LogP contribution in [0.15, 0.2) is 0 Å². The highest BCUT2D eigenvalue weighted by Crippen LogP contribution is 2.28. The number of likely N-dealkylation sites (N-methyl/N-ethyl adjacent to an activating group) is 1. The van der Waals surface area contributed by atoms with E-state index in [0.29, 0.717) is 6.04 Å². The van der Waals surface area contributed by atoms with Gasteiger partial charge in [-0.1, -0.05) is 33.1 Å². The van der Waals surface area contributed by atoms with Crippen molar-refractivity contribution in [1.82, 2.24) is 4.90 Å². The number of aliphatic hydroxyl groups is 1. The molecule has 3 nitrogen and oxygen atoms in total. The van der Waals surface area contributed by atoms with Crippen LogP contribution in [0.25, 0.3) is 0 Å². The molecule has 1 rings (SSSR count). The Bertz CT molecular complexity index is 210. The first kappa shape index (κ1) is 14.9. The molecule has 1 saturated carbocycles. The van der Waals surface area contributed by atoms with Gasteiger partial charge in [0.25, 0.3) is 0 Å². The number of aliphatic hydroxyl groups excluding tert-OH is 1. The van der Waals surface area contributed by atoms with Gasteiger partial charge in [0.2, 0.25) is 0 Å². The van der Waals surface area contributed by atoms with E-state index >= 15 is 0 Å². The van der Waals surface area contributed by atoms with Crippen molar-refractivity contribution in [2.45, 2.75) is 70.5 Å². The molecule has 1 aliphatic carbocycles. The molecule has 0 heterocycles. The van der Waals surface area contributed by atoms with Crippen LogP contribution in [-0.2, 0) is 0 Å². The Labute approximate surface area is 106 Å². The van der Waals surface area contributed by atoms with E-state index in [4.69, 9.17) is 5.73 Å². The van der Waals surface area contributed by atoms with Gasteiger partial charge >= 0.3 is 0 Å². The molecule has 0 aliphatic heterocycles. The van der Waals surface area contributed by atoms with Crippen LogP contribution in [0.4, 0.5) is 0 Å². The van der Waals surface area contributed by atoms with Crippen LogP contribution in [0.1, 0.15) is 52.4 Å². The summed E-state index contributed by atoms with van der Waals surface area (Å²) in [6, 6.07) is 0.844. The molecule has 0 radical (unpaired) electrons. The summed E-state index contributed by atoms with van der Waals surface area (Å²) in [7, 11) is 2.14. The first-order valence-corrected chi connectivity index (χ1v) is 7.18. The van der Waals surface area contributed by atoms with Gasteiger partial charge < -0.3 is 10.8 Å². The maximum atomic E-state index is 9.57. The van der Waals surface area contributed by atoms with Gasteiger partial charge in [-0.05, 0) is 32.2 Å². The second kappa shape index (κ2) is 7.34. The topological polar surface area (TPSA) is 49.5 Å². The standard InChI is InChI=1S/C14H30N2O/c1-4-6-13(15)14(10-17)16(3)12-8-5-7-11(2)9-12/h11-14,17H,4-10,15H2,1-3H3. The third-order valence-electron chi connectivity index (χ3n) is 4.31. The molecule has 0 saturated heterocycles. The molecule has 0 aromatic rings. The molecule has 0 bridgehead atoms. The van der Waals surface area contributed by atoms with Crippen LogP contribution in [0.2, 0.25) is 0 Å². The van der Waals surface area contributed by atoms with Crippen molar-refractivity contribution in [3.05, 3.63) is 0 Å². The average molecular weight is 242 g/mol. The van der Waals surface area contributed by atoms with Crippen LogP contribution < -0.4 is 5.73 Å². The number of nitrogens with two attached hydrogens (primary N) is 1. The van der Waals surface area contributed by atoms with E-state index in [2.05, 4.69) is 25.8 Å². The second-order valence-electron chi connectivity index (χ2n) is 5.79. The highest BCUT2D eigenvalue weighted by Gasteiger charge is 2.29. The molecule has 1 aliphatic rings. The van der Waals surface area contributed by atoms with Gasteiger partial charge in [-0.25, -0.2) is 0 Å². The fourth-order valence-corrected chi connectivity index (χ4v) is 3.13. The maximum Gasteiger partial charge on any atom is 0.0601 e. The first-order valence-electron chi connectivity index (χ1n) is 7.18. The van der Waals surface area contributed by atoms with Crippen LogP contribution in [0.3, 0.4) is 0 Å². The van der Waals surface area contributed by atoms with Crippen LogP contribution in [-0.4, -0.2) is 41.8 Å². The smallest absolute Gasteiger partial charge is 0.0601 e. The van der Waals surface area contributed by atoms with Crippen LogP contribution in [0.5, 0.6) is 0 Å². The first-order chi connectivity index (χ1) is 8.10. The van der Waals surface area contributed by atoms with Gasteiger partial charge in [0.05, 0.1) is 6.61 Å². The molecule has 17 heavy (non-hydrogen) atoms. The van der Waals surface area contributed by atoms with Crippen molar-refractivity contribution in [3.63, 3.8) is 0 Å². The van der Waals surface area contributed by atoms with Crippen molar-refractivity contribution < 1.29 is 5.11 Å². The summed E-state index contributed by atoms with van der Waals surface area (Å²) in [5.74, 6) is 0.818. The van der Waals surface area contributed by atoms with Crippen molar-refractivity contribution in [2.75, 3.05) is 13.7 Å².